The zero-order chi connectivity index (χ0) is 5.70. The summed E-state index contributed by atoms with van der Waals surface area (Å²) in [5.74, 6) is 6.56. The number of rotatable bonds is 0. The largest absolute Gasteiger partial charge is 0.0997 e. The average Bonchev–Trinajstić information content (AvgIpc) is 1.61. The lowest BCUT2D eigenvalue weighted by molar-refractivity contribution is 0.866. The van der Waals surface area contributed by atoms with Crippen molar-refractivity contribution >= 4 is 22.6 Å². The van der Waals surface area contributed by atoms with Gasteiger partial charge in [-0.25, -0.2) is 0 Å². The molecular weight excluding hydrogens is 199 g/mol. The van der Waals surface area contributed by atoms with Crippen LogP contribution in [0.5, 0.6) is 0 Å². The van der Waals surface area contributed by atoms with Crippen LogP contribution >= 0.6 is 22.6 Å². The van der Waals surface area contributed by atoms with Crippen LogP contribution < -0.4 is 0 Å². The van der Waals surface area contributed by atoms with E-state index in [1.807, 2.05) is 0 Å². The first-order valence-corrected chi connectivity index (χ1v) is 3.84. The first-order chi connectivity index (χ1) is 3.27. The second kappa shape index (κ2) is 4.45. The third-order valence-corrected chi connectivity index (χ3v) is 0.839. The Morgan fingerprint density at radius 3 is 2.29 bits per heavy atom. The lowest BCUT2D eigenvalue weighted by Crippen LogP contribution is -1.76. The van der Waals surface area contributed by atoms with Gasteiger partial charge in [-0.1, -0.05) is 48.3 Å². The maximum absolute atomic E-state index is 3.04. The molecule has 0 unspecified atom stereocenters. The Morgan fingerprint density at radius 2 is 2.14 bits per heavy atom. The van der Waals surface area contributed by atoms with Crippen LogP contribution in [-0.2, 0) is 0 Å². The molecule has 0 bridgehead atoms. The van der Waals surface area contributed by atoms with E-state index in [-0.39, 0.29) is 0 Å². The molecule has 0 saturated heterocycles. The Bertz CT molecular complexity index is 84.1. The van der Waals surface area contributed by atoms with Gasteiger partial charge in [0.15, 0.2) is 0 Å². The Labute approximate surface area is 58.8 Å². The number of halogens is 1. The first-order valence-electron chi connectivity index (χ1n) is 2.31. The predicted molar refractivity (Wildman–Crippen MR) is 41.5 cm³/mol. The van der Waals surface area contributed by atoms with Crippen LogP contribution in [0.25, 0.3) is 0 Å². The van der Waals surface area contributed by atoms with Crippen LogP contribution in [0.4, 0.5) is 0 Å². The predicted octanol–water partition coefficient (Wildman–Crippen LogP) is 2.08. The summed E-state index contributed by atoms with van der Waals surface area (Å²) in [7, 11) is 0. The summed E-state index contributed by atoms with van der Waals surface area (Å²) in [4.78, 5) is 0. The summed E-state index contributed by atoms with van der Waals surface area (Å²) in [5, 5.41) is 0. The normalized spacial score (nSPS) is 8.00. The highest BCUT2D eigenvalue weighted by Crippen LogP contribution is 1.86. The highest BCUT2D eigenvalue weighted by Gasteiger charge is 1.77. The fourth-order valence-corrected chi connectivity index (χ4v) is 0.463. The lowest BCUT2D eigenvalue weighted by Gasteiger charge is -1.83. The van der Waals surface area contributed by atoms with E-state index >= 15 is 0 Å². The van der Waals surface area contributed by atoms with Crippen molar-refractivity contribution in [1.29, 1.82) is 0 Å². The molecule has 0 aromatic rings. The van der Waals surface area contributed by atoms with Crippen LogP contribution in [0, 0.1) is 17.8 Å². The van der Waals surface area contributed by atoms with E-state index in [0.717, 1.165) is 4.43 Å². The second-order valence-electron chi connectivity index (χ2n) is 1.61. The fourth-order valence-electron chi connectivity index (χ4n) is 0.243. The van der Waals surface area contributed by atoms with Crippen molar-refractivity contribution in [1.82, 2.24) is 0 Å². The Kier molecular flexibility index (Phi) is 4.63. The zero-order valence-corrected chi connectivity index (χ0v) is 6.82. The Morgan fingerprint density at radius 1 is 1.57 bits per heavy atom. The highest BCUT2D eigenvalue weighted by atomic mass is 127. The summed E-state index contributed by atoms with van der Waals surface area (Å²) >= 11 is 2.25. The molecule has 0 amide bonds. The Hall–Kier alpha value is 0.290. The smallest absolute Gasteiger partial charge is 0.0609 e. The van der Waals surface area contributed by atoms with Crippen LogP contribution in [0.2, 0.25) is 0 Å². The van der Waals surface area contributed by atoms with Crippen molar-refractivity contribution in [3.8, 4) is 11.8 Å². The molecule has 0 saturated carbocycles. The molecule has 1 heteroatoms. The molecule has 0 aliphatic rings. The highest BCUT2D eigenvalue weighted by molar-refractivity contribution is 14.1. The maximum atomic E-state index is 3.04. The summed E-state index contributed by atoms with van der Waals surface area (Å²) in [6.07, 6.45) is 0. The summed E-state index contributed by atoms with van der Waals surface area (Å²) in [6.45, 7) is 4.19. The van der Waals surface area contributed by atoms with Gasteiger partial charge in [-0.15, -0.1) is 0 Å². The molecule has 0 nitrogen and oxygen atoms in total. The zero-order valence-electron chi connectivity index (χ0n) is 4.66. The molecular formula is C6H9I. The van der Waals surface area contributed by atoms with E-state index < -0.39 is 0 Å². The van der Waals surface area contributed by atoms with E-state index in [1.165, 1.54) is 0 Å². The van der Waals surface area contributed by atoms with E-state index in [4.69, 9.17) is 0 Å². The Balaban J connectivity index is 3.24. The molecule has 40 valence electrons. The molecule has 0 aliphatic carbocycles. The van der Waals surface area contributed by atoms with Gasteiger partial charge in [0.05, 0.1) is 4.43 Å². The third-order valence-electron chi connectivity index (χ3n) is 0.458. The van der Waals surface area contributed by atoms with E-state index in [0.29, 0.717) is 5.92 Å². The molecule has 0 fully saturated rings. The van der Waals surface area contributed by atoms with Gasteiger partial charge in [0.1, 0.15) is 0 Å². The molecule has 0 aromatic carbocycles. The molecule has 0 heterocycles. The van der Waals surface area contributed by atoms with Gasteiger partial charge >= 0.3 is 0 Å². The fraction of sp³-hybridized carbons (Fsp3) is 0.667. The van der Waals surface area contributed by atoms with Crippen LogP contribution in [0.15, 0.2) is 0 Å². The lowest BCUT2D eigenvalue weighted by atomic mass is 10.2. The van der Waals surface area contributed by atoms with E-state index in [9.17, 15) is 0 Å². The molecule has 0 aliphatic heterocycles. The number of hydrogen-bond acceptors (Lipinski definition) is 0. The van der Waals surface area contributed by atoms with Crippen molar-refractivity contribution < 1.29 is 0 Å². The van der Waals surface area contributed by atoms with E-state index in [2.05, 4.69) is 48.3 Å². The van der Waals surface area contributed by atoms with Gasteiger partial charge in [-0.2, -0.15) is 0 Å². The molecule has 7 heavy (non-hydrogen) atoms. The first kappa shape index (κ1) is 7.29. The van der Waals surface area contributed by atoms with E-state index in [1.54, 1.807) is 0 Å². The minimum absolute atomic E-state index is 0.537. The van der Waals surface area contributed by atoms with Crippen LogP contribution in [-0.4, -0.2) is 4.43 Å². The van der Waals surface area contributed by atoms with Crippen LogP contribution in [0.1, 0.15) is 13.8 Å². The minimum atomic E-state index is 0.537. The number of alkyl halides is 1. The molecule has 0 aromatic heterocycles. The van der Waals surface area contributed by atoms with Gasteiger partial charge in [0, 0.05) is 5.92 Å². The summed E-state index contributed by atoms with van der Waals surface area (Å²) in [5.41, 5.74) is 0. The van der Waals surface area contributed by atoms with Gasteiger partial charge in [0.25, 0.3) is 0 Å². The second-order valence-corrected chi connectivity index (χ2v) is 2.37. The van der Waals surface area contributed by atoms with Crippen LogP contribution in [0.3, 0.4) is 0 Å². The van der Waals surface area contributed by atoms with Gasteiger partial charge in [-0.3, -0.25) is 0 Å². The van der Waals surface area contributed by atoms with Gasteiger partial charge in [-0.05, 0) is 0 Å². The van der Waals surface area contributed by atoms with Crippen molar-refractivity contribution in [3.05, 3.63) is 0 Å². The SMILES string of the molecule is CC(C)C#CCI. The molecule has 0 atom stereocenters. The van der Waals surface area contributed by atoms with Crippen molar-refractivity contribution in [2.75, 3.05) is 4.43 Å². The number of hydrogen-bond donors (Lipinski definition) is 0. The molecule has 0 spiro atoms. The standard InChI is InChI=1S/C6H9I/c1-6(2)4-3-5-7/h6H,5H2,1-2H3. The molecule has 0 radical (unpaired) electrons. The van der Waals surface area contributed by atoms with Crippen molar-refractivity contribution in [2.45, 2.75) is 13.8 Å². The third kappa shape index (κ3) is 6.29. The van der Waals surface area contributed by atoms with Gasteiger partial charge < -0.3 is 0 Å². The van der Waals surface area contributed by atoms with Gasteiger partial charge in [0.2, 0.25) is 0 Å². The minimum Gasteiger partial charge on any atom is -0.0997 e. The summed E-state index contributed by atoms with van der Waals surface area (Å²) in [6, 6.07) is 0. The quantitative estimate of drug-likeness (QED) is 0.325. The topological polar surface area (TPSA) is 0 Å². The summed E-state index contributed by atoms with van der Waals surface area (Å²) < 4.78 is 0.954. The monoisotopic (exact) mass is 208 g/mol. The van der Waals surface area contributed by atoms with Crippen molar-refractivity contribution in [2.24, 2.45) is 5.92 Å². The molecule has 0 rings (SSSR count). The average molecular weight is 208 g/mol. The molecule has 0 N–H and O–H groups in total. The van der Waals surface area contributed by atoms with Crippen molar-refractivity contribution in [3.63, 3.8) is 0 Å². The maximum Gasteiger partial charge on any atom is 0.0609 e.